The van der Waals surface area contributed by atoms with Gasteiger partial charge in [0.15, 0.2) is 17.5 Å². The van der Waals surface area contributed by atoms with Gasteiger partial charge < -0.3 is 24.5 Å². The van der Waals surface area contributed by atoms with Crippen molar-refractivity contribution < 1.29 is 18.3 Å². The topological polar surface area (TPSA) is 80.9 Å². The Balaban J connectivity index is 1.47. The number of aryl methyl sites for hydroxylation is 2. The Labute approximate surface area is 186 Å². The van der Waals surface area contributed by atoms with E-state index in [1.54, 1.807) is 6.07 Å². The maximum atomic E-state index is 13.5. The van der Waals surface area contributed by atoms with Gasteiger partial charge >= 0.3 is 0 Å². The van der Waals surface area contributed by atoms with Crippen LogP contribution in [0.25, 0.3) is 0 Å². The monoisotopic (exact) mass is 438 g/mol. The second-order valence-electron chi connectivity index (χ2n) is 7.56. The predicted octanol–water partition coefficient (Wildman–Crippen LogP) is 4.39. The highest BCUT2D eigenvalue weighted by atomic mass is 19.1. The van der Waals surface area contributed by atoms with E-state index >= 15 is 0 Å². The van der Waals surface area contributed by atoms with Crippen molar-refractivity contribution in [2.45, 2.75) is 33.2 Å². The van der Waals surface area contributed by atoms with Crippen molar-refractivity contribution >= 4 is 11.6 Å². The maximum absolute atomic E-state index is 13.5. The van der Waals surface area contributed by atoms with Crippen LogP contribution in [0, 0.1) is 19.7 Å². The van der Waals surface area contributed by atoms with Crippen LogP contribution < -0.4 is 20.1 Å². The summed E-state index contributed by atoms with van der Waals surface area (Å²) in [5.74, 6) is 3.08. The third-order valence-corrected chi connectivity index (χ3v) is 5.05. The lowest BCUT2D eigenvalue weighted by atomic mass is 10.1. The van der Waals surface area contributed by atoms with Gasteiger partial charge in [0.2, 0.25) is 5.89 Å². The molecule has 0 aliphatic carbocycles. The number of hydrogen-bond acceptors (Lipinski definition) is 5. The molecule has 3 aromatic rings. The van der Waals surface area contributed by atoms with E-state index in [9.17, 15) is 4.39 Å². The molecule has 1 aromatic heterocycles. The van der Waals surface area contributed by atoms with E-state index in [0.717, 1.165) is 34.9 Å². The molecule has 1 aliphatic heterocycles. The van der Waals surface area contributed by atoms with Crippen LogP contribution in [-0.2, 0) is 13.0 Å². The zero-order chi connectivity index (χ0) is 22.3. The van der Waals surface area contributed by atoms with Crippen molar-refractivity contribution in [1.82, 2.24) is 10.3 Å². The van der Waals surface area contributed by atoms with Crippen LogP contribution in [0.2, 0.25) is 0 Å². The molecule has 2 heterocycles. The molecule has 32 heavy (non-hydrogen) atoms. The summed E-state index contributed by atoms with van der Waals surface area (Å²) >= 11 is 0. The van der Waals surface area contributed by atoms with Gasteiger partial charge in [-0.15, -0.1) is 0 Å². The summed E-state index contributed by atoms with van der Waals surface area (Å²) in [5, 5.41) is 6.59. The highest BCUT2D eigenvalue weighted by Gasteiger charge is 2.12. The van der Waals surface area contributed by atoms with Crippen LogP contribution in [0.3, 0.4) is 0 Å². The van der Waals surface area contributed by atoms with E-state index in [1.807, 2.05) is 38.1 Å². The second kappa shape index (κ2) is 10.2. The average molecular weight is 439 g/mol. The number of anilines is 1. The van der Waals surface area contributed by atoms with E-state index < -0.39 is 0 Å². The largest absolute Gasteiger partial charge is 0.490 e. The van der Waals surface area contributed by atoms with Crippen molar-refractivity contribution in [2.75, 3.05) is 25.1 Å². The molecule has 0 radical (unpaired) electrons. The van der Waals surface area contributed by atoms with Gasteiger partial charge in [0.1, 0.15) is 18.1 Å². The third kappa shape index (κ3) is 5.78. The lowest BCUT2D eigenvalue weighted by molar-refractivity contribution is 0.297. The lowest BCUT2D eigenvalue weighted by Gasteiger charge is -2.14. The highest BCUT2D eigenvalue weighted by molar-refractivity contribution is 5.93. The van der Waals surface area contributed by atoms with E-state index in [2.05, 4.69) is 20.6 Å². The molecule has 0 saturated heterocycles. The molecule has 2 aromatic carbocycles. The first-order valence-corrected chi connectivity index (χ1v) is 10.7. The number of nitrogens with zero attached hydrogens (tertiary/aromatic N) is 2. The van der Waals surface area contributed by atoms with Crippen LogP contribution in [0.5, 0.6) is 11.5 Å². The number of benzene rings is 2. The summed E-state index contributed by atoms with van der Waals surface area (Å²) in [5.41, 5.74) is 2.57. The van der Waals surface area contributed by atoms with Crippen molar-refractivity contribution in [2.24, 2.45) is 4.99 Å². The molecule has 0 unspecified atom stereocenters. The molecule has 1 aliphatic rings. The van der Waals surface area contributed by atoms with Crippen molar-refractivity contribution in [1.29, 1.82) is 0 Å². The Morgan fingerprint density at radius 2 is 1.94 bits per heavy atom. The Morgan fingerprint density at radius 3 is 2.72 bits per heavy atom. The van der Waals surface area contributed by atoms with Gasteiger partial charge in [-0.1, -0.05) is 12.1 Å². The van der Waals surface area contributed by atoms with Gasteiger partial charge in [0.25, 0.3) is 0 Å². The minimum atomic E-state index is -0.239. The van der Waals surface area contributed by atoms with E-state index in [4.69, 9.17) is 13.9 Å². The predicted molar refractivity (Wildman–Crippen MR) is 121 cm³/mol. The van der Waals surface area contributed by atoms with Crippen LogP contribution in [-0.4, -0.2) is 30.7 Å². The fraction of sp³-hybridized carbons (Fsp3) is 0.333. The van der Waals surface area contributed by atoms with Gasteiger partial charge in [-0.25, -0.2) is 14.4 Å². The summed E-state index contributed by atoms with van der Waals surface area (Å²) in [7, 11) is 0. The van der Waals surface area contributed by atoms with Crippen LogP contribution in [0.1, 0.15) is 29.3 Å². The summed E-state index contributed by atoms with van der Waals surface area (Å²) < 4.78 is 30.6. The Hall–Kier alpha value is -3.55. The van der Waals surface area contributed by atoms with Gasteiger partial charge in [-0.3, -0.25) is 0 Å². The zero-order valence-corrected chi connectivity index (χ0v) is 18.3. The molecule has 168 valence electrons. The number of rotatable bonds is 6. The molecular weight excluding hydrogens is 411 g/mol. The fourth-order valence-corrected chi connectivity index (χ4v) is 3.29. The molecule has 8 heteroatoms. The SMILES string of the molecule is Cc1nc(CN=C(NCCc2cccc(F)c2)Nc2ccc3c(c2)OCCCO3)oc1C. The van der Waals surface area contributed by atoms with E-state index in [-0.39, 0.29) is 12.4 Å². The standard InChI is InChI=1S/C24H27FN4O3/c1-16-17(2)32-23(28-16)15-27-24(26-10-9-18-5-3-6-19(25)13-18)29-20-7-8-21-22(14-20)31-12-4-11-30-21/h3,5-8,13-14H,4,9-12,15H2,1-2H3,(H2,26,27,29). The first-order chi connectivity index (χ1) is 15.6. The highest BCUT2D eigenvalue weighted by Crippen LogP contribution is 2.32. The minimum absolute atomic E-state index is 0.239. The van der Waals surface area contributed by atoms with Crippen molar-refractivity contribution in [3.8, 4) is 11.5 Å². The third-order valence-electron chi connectivity index (χ3n) is 5.05. The van der Waals surface area contributed by atoms with E-state index in [0.29, 0.717) is 43.8 Å². The maximum Gasteiger partial charge on any atom is 0.216 e. The fourth-order valence-electron chi connectivity index (χ4n) is 3.29. The molecule has 0 fully saturated rings. The molecule has 0 saturated carbocycles. The number of aromatic nitrogens is 1. The number of fused-ring (bicyclic) bond motifs is 1. The van der Waals surface area contributed by atoms with E-state index in [1.165, 1.54) is 12.1 Å². The molecule has 0 amide bonds. The second-order valence-corrected chi connectivity index (χ2v) is 7.56. The van der Waals surface area contributed by atoms with Crippen LogP contribution in [0.15, 0.2) is 51.9 Å². The number of halogens is 1. The zero-order valence-electron chi connectivity index (χ0n) is 18.3. The number of ether oxygens (including phenoxy) is 2. The number of hydrogen-bond donors (Lipinski definition) is 2. The summed E-state index contributed by atoms with van der Waals surface area (Å²) in [6.07, 6.45) is 1.50. The van der Waals surface area contributed by atoms with Gasteiger partial charge in [-0.2, -0.15) is 0 Å². The summed E-state index contributed by atoms with van der Waals surface area (Å²) in [6.45, 7) is 5.90. The Morgan fingerprint density at radius 1 is 1.09 bits per heavy atom. The number of nitrogens with one attached hydrogen (secondary N) is 2. The summed E-state index contributed by atoms with van der Waals surface area (Å²) in [6, 6.07) is 12.3. The van der Waals surface area contributed by atoms with Gasteiger partial charge in [0.05, 0.1) is 18.9 Å². The average Bonchev–Trinajstić information content (AvgIpc) is 2.96. The van der Waals surface area contributed by atoms with Gasteiger partial charge in [-0.05, 0) is 50.1 Å². The first kappa shape index (κ1) is 21.7. The van der Waals surface area contributed by atoms with Crippen molar-refractivity contribution in [3.05, 3.63) is 71.2 Å². The van der Waals surface area contributed by atoms with Crippen molar-refractivity contribution in [3.63, 3.8) is 0 Å². The lowest BCUT2D eigenvalue weighted by Crippen LogP contribution is -2.32. The molecular formula is C24H27FN4O3. The molecule has 2 N–H and O–H groups in total. The first-order valence-electron chi connectivity index (χ1n) is 10.7. The molecule has 7 nitrogen and oxygen atoms in total. The summed E-state index contributed by atoms with van der Waals surface area (Å²) in [4.78, 5) is 9.00. The van der Waals surface area contributed by atoms with Crippen LogP contribution >= 0.6 is 0 Å². The Kier molecular flexibility index (Phi) is 6.89. The molecule has 0 bridgehead atoms. The number of aliphatic imine (C=N–C) groups is 1. The quantitative estimate of drug-likeness (QED) is 0.439. The Bertz CT molecular complexity index is 1080. The van der Waals surface area contributed by atoms with Crippen LogP contribution in [0.4, 0.5) is 10.1 Å². The smallest absolute Gasteiger partial charge is 0.216 e. The molecule has 0 spiro atoms. The minimum Gasteiger partial charge on any atom is -0.490 e. The normalized spacial score (nSPS) is 13.5. The molecule has 0 atom stereocenters. The molecule has 4 rings (SSSR count). The number of guanidine groups is 1. The number of oxazole rings is 1. The van der Waals surface area contributed by atoms with Gasteiger partial charge in [0, 0.05) is 24.7 Å².